The van der Waals surface area contributed by atoms with Crippen LogP contribution in [0.3, 0.4) is 0 Å². The standard InChI is InChI=1S/C35H43N3.C31H35N3.C29H31N3.C27H27N3/c1-4-5-6-7-8-9-10-11-12-13-14-29-19-25-32(26-20-29)35-37-33(30-21-15-27(2)16-22-30)36-34(38-35)31-23-17-28(3)18-24-31;1-21-8-12-23(13-9-21)27-32-28(24-14-10-22(2)11-15-24)34-29(33-27)25-16-18-26(19-17-25)31(6,7)20-30(3,4)5;1-4-5-6-7-8-23-13-19-26(20-14-23)29-31-27(24-15-9-21(2)10-16-24)30-28(32-29)25-17-11-22(3)12-18-25;1-18-6-10-20(11-7-18)24-28-25(21-12-8-19(2)9-13-21)30-26(29-24)22-14-16-23(17-15-22)27(3,4)5/h15-26H,4-14H2,1-3H3;8-19H,20H2,1-7H3;9-20H,4-8H2,1-3H3;6-17H,1-5H3. The SMILES string of the molecule is CCCCCCCCCCCCc1ccc(-c2nc(-c3ccc(C)cc3)nc(-c3ccc(C)cc3)n2)cc1.CCCCCCc1ccc(-c2nc(-c3ccc(C)cc3)nc(-c3ccc(C)cc3)n2)cc1.Cc1ccc(-c2nc(-c3ccc(C)cc3)nc(-c3ccc(C(C)(C)C)cc3)n2)cc1.Cc1ccc(-c2nc(-c3ccc(C)cc3)nc(-c3ccc(C(C)(C)CC(C)(C)C)cc3)n2)cc1. The number of rotatable bonds is 30. The Bertz CT molecular complexity index is 6120. The minimum atomic E-state index is 0.0933. The van der Waals surface area contributed by atoms with Gasteiger partial charge in [0.2, 0.25) is 0 Å². The molecule has 0 amide bonds. The number of hydrogen-bond acceptors (Lipinski definition) is 12. The molecule has 0 bridgehead atoms. The van der Waals surface area contributed by atoms with Gasteiger partial charge in [-0.25, -0.2) is 59.8 Å². The molecule has 0 N–H and O–H groups in total. The van der Waals surface area contributed by atoms with Crippen molar-refractivity contribution in [1.29, 1.82) is 0 Å². The normalized spacial score (nSPS) is 11.4. The predicted octanol–water partition coefficient (Wildman–Crippen LogP) is 32.6. The molecule has 4 aromatic heterocycles. The Labute approximate surface area is 799 Å². The van der Waals surface area contributed by atoms with Crippen LogP contribution in [0.4, 0.5) is 0 Å². The van der Waals surface area contributed by atoms with Crippen LogP contribution in [-0.4, -0.2) is 59.8 Å². The molecule has 0 fully saturated rings. The molecule has 134 heavy (non-hydrogen) atoms. The maximum atomic E-state index is 4.88. The van der Waals surface area contributed by atoms with Crippen molar-refractivity contribution in [2.45, 2.75) is 245 Å². The molecule has 12 heteroatoms. The molecule has 0 aliphatic rings. The second kappa shape index (κ2) is 46.9. The van der Waals surface area contributed by atoms with Gasteiger partial charge in [0.25, 0.3) is 0 Å². The summed E-state index contributed by atoms with van der Waals surface area (Å²) < 4.78 is 0. The Hall–Kier alpha value is -13.3. The Balaban J connectivity index is 0.000000152. The molecule has 12 nitrogen and oxygen atoms in total. The van der Waals surface area contributed by atoms with Crippen molar-refractivity contribution in [3.8, 4) is 137 Å². The average molecular weight is 1770 g/mol. The van der Waals surface area contributed by atoms with Crippen molar-refractivity contribution >= 4 is 0 Å². The highest BCUT2D eigenvalue weighted by Crippen LogP contribution is 2.39. The highest BCUT2D eigenvalue weighted by atomic mass is 15.1. The molecule has 684 valence electrons. The smallest absolute Gasteiger partial charge is 0.164 e. The van der Waals surface area contributed by atoms with Gasteiger partial charge in [-0.15, -0.1) is 0 Å². The van der Waals surface area contributed by atoms with Gasteiger partial charge in [0.15, 0.2) is 69.9 Å². The number of aromatic nitrogens is 12. The van der Waals surface area contributed by atoms with Crippen LogP contribution in [0.2, 0.25) is 0 Å². The van der Waals surface area contributed by atoms with Crippen LogP contribution < -0.4 is 0 Å². The maximum absolute atomic E-state index is 4.88. The molecule has 12 aromatic carbocycles. The van der Waals surface area contributed by atoms with E-state index < -0.39 is 0 Å². The summed E-state index contributed by atoms with van der Waals surface area (Å²) >= 11 is 0. The fourth-order valence-corrected chi connectivity index (χ4v) is 16.5. The second-order valence-corrected chi connectivity index (χ2v) is 39.3. The van der Waals surface area contributed by atoms with Gasteiger partial charge in [-0.3, -0.25) is 0 Å². The molecule has 0 radical (unpaired) electrons. The summed E-state index contributed by atoms with van der Waals surface area (Å²) in [6.07, 6.45) is 22.2. The van der Waals surface area contributed by atoms with Crippen molar-refractivity contribution in [2.75, 3.05) is 0 Å². The van der Waals surface area contributed by atoms with Crippen LogP contribution in [0.15, 0.2) is 291 Å². The van der Waals surface area contributed by atoms with Crippen LogP contribution in [0.5, 0.6) is 0 Å². The third-order valence-electron chi connectivity index (χ3n) is 24.5. The van der Waals surface area contributed by atoms with Crippen LogP contribution in [-0.2, 0) is 23.7 Å². The van der Waals surface area contributed by atoms with Gasteiger partial charge >= 0.3 is 0 Å². The lowest BCUT2D eigenvalue weighted by molar-refractivity contribution is 0.284. The molecular formula is C122H136N12. The summed E-state index contributed by atoms with van der Waals surface area (Å²) in [4.78, 5) is 58.1. The number of hydrogen-bond donors (Lipinski definition) is 0. The summed E-state index contributed by atoms with van der Waals surface area (Å²) in [6, 6.07) is 102. The van der Waals surface area contributed by atoms with Crippen LogP contribution >= 0.6 is 0 Å². The van der Waals surface area contributed by atoms with Crippen LogP contribution in [0.25, 0.3) is 137 Å². The van der Waals surface area contributed by atoms with Crippen molar-refractivity contribution < 1.29 is 0 Å². The molecule has 0 atom stereocenters. The topological polar surface area (TPSA) is 155 Å². The molecule has 0 aliphatic carbocycles. The van der Waals surface area contributed by atoms with E-state index in [0.29, 0.717) is 64.1 Å². The highest BCUT2D eigenvalue weighted by molar-refractivity contribution is 5.72. The monoisotopic (exact) mass is 1770 g/mol. The number of aryl methyl sites for hydroxylation is 10. The largest absolute Gasteiger partial charge is 0.208 e. The van der Waals surface area contributed by atoms with Crippen molar-refractivity contribution in [3.05, 3.63) is 358 Å². The van der Waals surface area contributed by atoms with Crippen molar-refractivity contribution in [3.63, 3.8) is 0 Å². The van der Waals surface area contributed by atoms with Gasteiger partial charge in [-0.1, -0.05) is 482 Å². The quantitative estimate of drug-likeness (QED) is 0.0394. The molecule has 16 aromatic rings. The Morgan fingerprint density at radius 1 is 0.172 bits per heavy atom. The molecule has 0 saturated heterocycles. The minimum absolute atomic E-state index is 0.0933. The average Bonchev–Trinajstić information content (AvgIpc) is 0.800. The molecule has 0 unspecified atom stereocenters. The molecular weight excluding hydrogens is 1630 g/mol. The van der Waals surface area contributed by atoms with E-state index in [9.17, 15) is 0 Å². The summed E-state index contributed by atoms with van der Waals surface area (Å²) in [5.74, 6) is 8.41. The summed E-state index contributed by atoms with van der Waals surface area (Å²) in [5.41, 5.74) is 27.6. The number of unbranched alkanes of at least 4 members (excludes halogenated alkanes) is 12. The zero-order valence-corrected chi connectivity index (χ0v) is 82.6. The first-order chi connectivity index (χ1) is 64.5. The van der Waals surface area contributed by atoms with Crippen molar-refractivity contribution in [2.24, 2.45) is 5.41 Å². The van der Waals surface area contributed by atoms with Gasteiger partial charge in [0, 0.05) is 66.8 Å². The van der Waals surface area contributed by atoms with Gasteiger partial charge in [-0.2, -0.15) is 0 Å². The second-order valence-electron chi connectivity index (χ2n) is 39.3. The fraction of sp³-hybridized carbons (Fsp3) is 0.311. The molecule has 0 aliphatic heterocycles. The van der Waals surface area contributed by atoms with E-state index in [1.165, 1.54) is 157 Å². The Morgan fingerprint density at radius 3 is 0.493 bits per heavy atom. The third-order valence-corrected chi connectivity index (χ3v) is 24.5. The first-order valence-electron chi connectivity index (χ1n) is 48.6. The fourth-order valence-electron chi connectivity index (χ4n) is 16.5. The third kappa shape index (κ3) is 28.9. The zero-order chi connectivity index (χ0) is 94.7. The predicted molar refractivity (Wildman–Crippen MR) is 562 cm³/mol. The Morgan fingerprint density at radius 2 is 0.321 bits per heavy atom. The van der Waals surface area contributed by atoms with Gasteiger partial charge in [-0.05, 0) is 126 Å². The first kappa shape index (κ1) is 98.2. The van der Waals surface area contributed by atoms with E-state index in [0.717, 1.165) is 91.8 Å². The lowest BCUT2D eigenvalue weighted by Crippen LogP contribution is -2.24. The highest BCUT2D eigenvalue weighted by Gasteiger charge is 2.28. The molecule has 0 spiro atoms. The van der Waals surface area contributed by atoms with E-state index in [1.54, 1.807) is 0 Å². The Kier molecular flexibility index (Phi) is 34.3. The van der Waals surface area contributed by atoms with E-state index in [-0.39, 0.29) is 16.2 Å². The van der Waals surface area contributed by atoms with Gasteiger partial charge in [0.1, 0.15) is 0 Å². The lowest BCUT2D eigenvalue weighted by atomic mass is 9.72. The number of nitrogens with zero attached hydrogens (tertiary/aromatic N) is 12. The summed E-state index contributed by atoms with van der Waals surface area (Å²) in [5, 5.41) is 0. The molecule has 4 heterocycles. The maximum Gasteiger partial charge on any atom is 0.164 e. The van der Waals surface area contributed by atoms with Crippen LogP contribution in [0, 0.1) is 60.8 Å². The number of benzene rings is 12. The molecule has 16 rings (SSSR count). The van der Waals surface area contributed by atoms with E-state index in [4.69, 9.17) is 59.8 Å². The van der Waals surface area contributed by atoms with E-state index in [1.807, 2.05) is 0 Å². The van der Waals surface area contributed by atoms with Gasteiger partial charge in [0.05, 0.1) is 0 Å². The minimum Gasteiger partial charge on any atom is -0.208 e. The molecule has 0 saturated carbocycles. The first-order valence-corrected chi connectivity index (χ1v) is 48.6. The van der Waals surface area contributed by atoms with E-state index >= 15 is 0 Å². The van der Waals surface area contributed by atoms with Crippen molar-refractivity contribution in [1.82, 2.24) is 59.8 Å². The van der Waals surface area contributed by atoms with Crippen LogP contribution in [0.1, 0.15) is 232 Å². The lowest BCUT2D eigenvalue weighted by Gasteiger charge is -2.33. The van der Waals surface area contributed by atoms with E-state index in [2.05, 4.69) is 416 Å². The summed E-state index contributed by atoms with van der Waals surface area (Å²) in [6.45, 7) is 39.4. The zero-order valence-electron chi connectivity index (χ0n) is 82.6. The summed E-state index contributed by atoms with van der Waals surface area (Å²) in [7, 11) is 0. The van der Waals surface area contributed by atoms with Gasteiger partial charge < -0.3 is 0 Å².